The summed E-state index contributed by atoms with van der Waals surface area (Å²) in [5.41, 5.74) is -2.24. The fraction of sp³-hybridized carbons (Fsp3) is 0.0667. The number of phenolic OH excluding ortho intramolecular Hbond substituents is 1. The van der Waals surface area contributed by atoms with Crippen LogP contribution in [0.5, 0.6) is 5.75 Å². The van der Waals surface area contributed by atoms with E-state index in [1.807, 2.05) is 5.32 Å². The van der Waals surface area contributed by atoms with Crippen LogP contribution in [0.1, 0.15) is 17.3 Å². The van der Waals surface area contributed by atoms with Gasteiger partial charge in [-0.3, -0.25) is 9.59 Å². The molecule has 2 rings (SSSR count). The maximum atomic E-state index is 13.6. The van der Waals surface area contributed by atoms with E-state index in [9.17, 15) is 36.6 Å². The number of carbonyl (C=O) groups excluding carboxylic acids is 2. The number of anilines is 2. The number of aromatic hydroxyl groups is 1. The molecule has 138 valence electrons. The molecular weight excluding hydrogens is 387 g/mol. The summed E-state index contributed by atoms with van der Waals surface area (Å²) in [4.78, 5) is 22.9. The summed E-state index contributed by atoms with van der Waals surface area (Å²) in [6.07, 6.45) is 0. The van der Waals surface area contributed by atoms with Gasteiger partial charge in [-0.2, -0.15) is 0 Å². The normalized spacial score (nSPS) is 10.6. The smallest absolute Gasteiger partial charge is 0.261 e. The first-order valence-electron chi connectivity index (χ1n) is 6.67. The first kappa shape index (κ1) is 19.4. The third-order valence-corrected chi connectivity index (χ3v) is 3.39. The van der Waals surface area contributed by atoms with E-state index in [1.54, 1.807) is 0 Å². The molecule has 0 aliphatic heterocycles. The average molecular weight is 395 g/mol. The summed E-state index contributed by atoms with van der Waals surface area (Å²) in [5.74, 6) is -14.4. The quantitative estimate of drug-likeness (QED) is 0.319. The van der Waals surface area contributed by atoms with Crippen molar-refractivity contribution >= 4 is 34.8 Å². The molecule has 0 fully saturated rings. The molecule has 2 aromatic carbocycles. The maximum Gasteiger partial charge on any atom is 0.261 e. The summed E-state index contributed by atoms with van der Waals surface area (Å²) >= 11 is 5.81. The molecule has 3 N–H and O–H groups in total. The standard InChI is InChI=1S/C15H8ClF5N2O3/c1-4(24)22-7-2-5(16)6(3-8(7)25)23-15(26)9-10(17)12(19)14(21)13(20)11(9)18/h2-3,25H,1H3,(H,22,24)(H,23,26). The Labute approximate surface area is 147 Å². The largest absolute Gasteiger partial charge is 0.506 e. The van der Waals surface area contributed by atoms with Crippen molar-refractivity contribution in [3.63, 3.8) is 0 Å². The lowest BCUT2D eigenvalue weighted by Crippen LogP contribution is -2.19. The van der Waals surface area contributed by atoms with Gasteiger partial charge in [-0.05, 0) is 6.07 Å². The molecule has 0 atom stereocenters. The number of hydrogen-bond donors (Lipinski definition) is 3. The van der Waals surface area contributed by atoms with E-state index >= 15 is 0 Å². The first-order valence-corrected chi connectivity index (χ1v) is 7.05. The molecule has 11 heteroatoms. The van der Waals surface area contributed by atoms with Crippen molar-refractivity contribution in [3.05, 3.63) is 51.8 Å². The van der Waals surface area contributed by atoms with Crippen LogP contribution in [-0.2, 0) is 4.79 Å². The van der Waals surface area contributed by atoms with Gasteiger partial charge in [0.05, 0.1) is 16.4 Å². The van der Waals surface area contributed by atoms with Crippen LogP contribution in [0.2, 0.25) is 5.02 Å². The Bertz CT molecular complexity index is 907. The van der Waals surface area contributed by atoms with Crippen molar-refractivity contribution in [1.82, 2.24) is 0 Å². The Morgan fingerprint density at radius 2 is 1.38 bits per heavy atom. The van der Waals surface area contributed by atoms with Gasteiger partial charge in [-0.15, -0.1) is 0 Å². The van der Waals surface area contributed by atoms with Crippen molar-refractivity contribution in [2.75, 3.05) is 10.6 Å². The molecule has 0 spiro atoms. The van der Waals surface area contributed by atoms with Gasteiger partial charge in [-0.25, -0.2) is 22.0 Å². The first-order chi connectivity index (χ1) is 12.0. The van der Waals surface area contributed by atoms with Crippen LogP contribution in [0.4, 0.5) is 33.3 Å². The SMILES string of the molecule is CC(=O)Nc1cc(Cl)c(NC(=O)c2c(F)c(F)c(F)c(F)c2F)cc1O. The van der Waals surface area contributed by atoms with Gasteiger partial charge in [0.1, 0.15) is 11.3 Å². The van der Waals surface area contributed by atoms with E-state index in [2.05, 4.69) is 5.32 Å². The summed E-state index contributed by atoms with van der Waals surface area (Å²) in [6.45, 7) is 1.15. The van der Waals surface area contributed by atoms with Crippen LogP contribution in [0, 0.1) is 29.1 Å². The molecule has 0 radical (unpaired) electrons. The minimum Gasteiger partial charge on any atom is -0.506 e. The Morgan fingerprint density at radius 1 is 0.885 bits per heavy atom. The second-order valence-electron chi connectivity index (χ2n) is 4.93. The van der Waals surface area contributed by atoms with Crippen molar-refractivity contribution in [2.45, 2.75) is 6.92 Å². The number of phenols is 1. The van der Waals surface area contributed by atoms with E-state index < -0.39 is 57.9 Å². The molecule has 0 heterocycles. The van der Waals surface area contributed by atoms with Crippen LogP contribution in [0.3, 0.4) is 0 Å². The molecular formula is C15H8ClF5N2O3. The van der Waals surface area contributed by atoms with Crippen molar-refractivity contribution in [2.24, 2.45) is 0 Å². The number of amides is 2. The number of hydrogen-bond acceptors (Lipinski definition) is 3. The monoisotopic (exact) mass is 394 g/mol. The summed E-state index contributed by atoms with van der Waals surface area (Å²) in [5, 5.41) is 13.5. The Hall–Kier alpha value is -2.88. The molecule has 0 unspecified atom stereocenters. The highest BCUT2D eigenvalue weighted by Crippen LogP contribution is 2.34. The second kappa shape index (κ2) is 7.16. The zero-order valence-corrected chi connectivity index (χ0v) is 13.4. The summed E-state index contributed by atoms with van der Waals surface area (Å²) in [6, 6.07) is 1.82. The van der Waals surface area contributed by atoms with Gasteiger partial charge in [0.2, 0.25) is 11.7 Å². The molecule has 0 aliphatic rings. The molecule has 0 saturated heterocycles. The molecule has 5 nitrogen and oxygen atoms in total. The van der Waals surface area contributed by atoms with Crippen LogP contribution in [-0.4, -0.2) is 16.9 Å². The summed E-state index contributed by atoms with van der Waals surface area (Å²) in [7, 11) is 0. The van der Waals surface area contributed by atoms with E-state index in [-0.39, 0.29) is 10.7 Å². The van der Waals surface area contributed by atoms with Gasteiger partial charge < -0.3 is 15.7 Å². The lowest BCUT2D eigenvalue weighted by Gasteiger charge is -2.12. The molecule has 0 aliphatic carbocycles. The molecule has 26 heavy (non-hydrogen) atoms. The predicted octanol–water partition coefficient (Wildman–Crippen LogP) is 3.95. The number of halogens is 6. The predicted molar refractivity (Wildman–Crippen MR) is 81.6 cm³/mol. The van der Waals surface area contributed by atoms with Crippen LogP contribution in [0.15, 0.2) is 12.1 Å². The van der Waals surface area contributed by atoms with Crippen LogP contribution >= 0.6 is 11.6 Å². The van der Waals surface area contributed by atoms with E-state index in [0.29, 0.717) is 0 Å². The number of nitrogens with one attached hydrogen (secondary N) is 2. The van der Waals surface area contributed by atoms with Crippen molar-refractivity contribution in [3.8, 4) is 5.75 Å². The number of carbonyl (C=O) groups is 2. The van der Waals surface area contributed by atoms with Gasteiger partial charge in [-0.1, -0.05) is 11.6 Å². The summed E-state index contributed by atoms with van der Waals surface area (Å²) < 4.78 is 66.6. The second-order valence-corrected chi connectivity index (χ2v) is 5.34. The average Bonchev–Trinajstić information content (AvgIpc) is 2.55. The Kier molecular flexibility index (Phi) is 5.36. The minimum absolute atomic E-state index is 0.128. The van der Waals surface area contributed by atoms with Gasteiger partial charge in [0.15, 0.2) is 23.3 Å². The molecule has 0 bridgehead atoms. The zero-order valence-electron chi connectivity index (χ0n) is 12.7. The van der Waals surface area contributed by atoms with Crippen molar-refractivity contribution < 1.29 is 36.6 Å². The maximum absolute atomic E-state index is 13.6. The van der Waals surface area contributed by atoms with Crippen LogP contribution in [0.25, 0.3) is 0 Å². The van der Waals surface area contributed by atoms with E-state index in [0.717, 1.165) is 19.1 Å². The highest BCUT2D eigenvalue weighted by Gasteiger charge is 2.30. The highest BCUT2D eigenvalue weighted by atomic mass is 35.5. The number of rotatable bonds is 3. The van der Waals surface area contributed by atoms with E-state index in [4.69, 9.17) is 11.6 Å². The fourth-order valence-electron chi connectivity index (χ4n) is 1.94. The lowest BCUT2D eigenvalue weighted by molar-refractivity contribution is -0.114. The van der Waals surface area contributed by atoms with Crippen molar-refractivity contribution in [1.29, 1.82) is 0 Å². The zero-order chi connectivity index (χ0) is 19.8. The Balaban J connectivity index is 2.43. The van der Waals surface area contributed by atoms with Gasteiger partial charge >= 0.3 is 0 Å². The number of benzene rings is 2. The minimum atomic E-state index is -2.41. The fourth-order valence-corrected chi connectivity index (χ4v) is 2.15. The lowest BCUT2D eigenvalue weighted by atomic mass is 10.1. The molecule has 0 aromatic heterocycles. The topological polar surface area (TPSA) is 78.4 Å². The third-order valence-electron chi connectivity index (χ3n) is 3.08. The molecule has 2 aromatic rings. The van der Waals surface area contributed by atoms with E-state index in [1.165, 1.54) is 0 Å². The van der Waals surface area contributed by atoms with Gasteiger partial charge in [0.25, 0.3) is 5.91 Å². The van der Waals surface area contributed by atoms with Gasteiger partial charge in [0, 0.05) is 13.0 Å². The highest BCUT2D eigenvalue weighted by molar-refractivity contribution is 6.34. The van der Waals surface area contributed by atoms with Crippen LogP contribution < -0.4 is 10.6 Å². The Morgan fingerprint density at radius 3 is 1.88 bits per heavy atom. The third kappa shape index (κ3) is 3.54. The molecule has 0 saturated carbocycles. The molecule has 2 amide bonds.